The highest BCUT2D eigenvalue weighted by atomic mass is 35.5. The Hall–Kier alpha value is -2.98. The first-order valence-electron chi connectivity index (χ1n) is 8.71. The molecular weight excluding hydrogens is 433 g/mol. The highest BCUT2D eigenvalue weighted by molar-refractivity contribution is 6.35. The monoisotopic (exact) mass is 449 g/mol. The zero-order valence-corrected chi connectivity index (χ0v) is 17.0. The van der Waals surface area contributed by atoms with Gasteiger partial charge in [-0.3, -0.25) is 10.2 Å². The summed E-state index contributed by atoms with van der Waals surface area (Å²) in [5.74, 6) is -0.657. The molecule has 9 nitrogen and oxygen atoms in total. The van der Waals surface area contributed by atoms with E-state index < -0.39 is 12.0 Å². The number of aldehydes is 1. The van der Waals surface area contributed by atoms with E-state index in [4.69, 9.17) is 28.4 Å². The minimum atomic E-state index is -1.30. The van der Waals surface area contributed by atoms with Gasteiger partial charge < -0.3 is 15.1 Å². The maximum Gasteiger partial charge on any atom is 0.287 e. The van der Waals surface area contributed by atoms with Crippen molar-refractivity contribution in [2.75, 3.05) is 6.54 Å². The van der Waals surface area contributed by atoms with Crippen LogP contribution in [0.25, 0.3) is 11.1 Å². The molecule has 0 spiro atoms. The van der Waals surface area contributed by atoms with Crippen LogP contribution in [0.1, 0.15) is 16.1 Å². The highest BCUT2D eigenvalue weighted by Gasteiger charge is 2.18. The van der Waals surface area contributed by atoms with E-state index in [0.29, 0.717) is 21.2 Å². The van der Waals surface area contributed by atoms with Crippen molar-refractivity contribution in [3.63, 3.8) is 0 Å². The van der Waals surface area contributed by atoms with E-state index in [9.17, 15) is 14.7 Å². The van der Waals surface area contributed by atoms with Crippen LogP contribution >= 0.6 is 23.2 Å². The zero-order valence-electron chi connectivity index (χ0n) is 15.4. The molecule has 0 aliphatic rings. The first kappa shape index (κ1) is 21.7. The van der Waals surface area contributed by atoms with Gasteiger partial charge in [0.2, 0.25) is 0 Å². The number of aromatic nitrogens is 3. The van der Waals surface area contributed by atoms with Gasteiger partial charge in [0.25, 0.3) is 5.91 Å². The van der Waals surface area contributed by atoms with Gasteiger partial charge in [-0.05, 0) is 34.5 Å². The summed E-state index contributed by atoms with van der Waals surface area (Å²) in [5.41, 5.74) is 4.83. The number of carbonyl (C=O) groups excluding carboxylic acids is 2. The number of amides is 1. The number of rotatable bonds is 8. The lowest BCUT2D eigenvalue weighted by Crippen LogP contribution is -2.46. The van der Waals surface area contributed by atoms with Gasteiger partial charge >= 0.3 is 0 Å². The van der Waals surface area contributed by atoms with Gasteiger partial charge in [0.15, 0.2) is 5.69 Å². The molecule has 1 heterocycles. The molecule has 0 aliphatic carbocycles. The van der Waals surface area contributed by atoms with Crippen molar-refractivity contribution in [2.24, 2.45) is 0 Å². The van der Waals surface area contributed by atoms with E-state index >= 15 is 0 Å². The minimum absolute atomic E-state index is 0.131. The number of hydrogen-bond donors (Lipinski definition) is 3. The Kier molecular flexibility index (Phi) is 7.01. The standard InChI is InChI=1S/C19H17Cl2N5O4/c20-14-5-6-17(21)16(7-14)13-3-1-12(2-4-13)8-25(9-15(28)11-27)23-19(29)18-10-26(30)24-22-18/h1-7,10-11,15,28,30H,8-9H2,(H,23,29)/t15-/m1/s1. The second-order valence-electron chi connectivity index (χ2n) is 6.37. The minimum Gasteiger partial charge on any atom is -0.410 e. The van der Waals surface area contributed by atoms with Gasteiger partial charge in [0, 0.05) is 22.2 Å². The third-order valence-electron chi connectivity index (χ3n) is 4.11. The molecule has 3 N–H and O–H groups in total. The fourth-order valence-electron chi connectivity index (χ4n) is 2.71. The fraction of sp³-hybridized carbons (Fsp3) is 0.158. The Bertz CT molecular complexity index is 1040. The zero-order chi connectivity index (χ0) is 21.7. The summed E-state index contributed by atoms with van der Waals surface area (Å²) >= 11 is 12.3. The topological polar surface area (TPSA) is 121 Å². The molecular formula is C19H17Cl2N5O4. The Morgan fingerprint density at radius 2 is 1.97 bits per heavy atom. The highest BCUT2D eigenvalue weighted by Crippen LogP contribution is 2.30. The van der Waals surface area contributed by atoms with Crippen molar-refractivity contribution in [3.05, 3.63) is 70.0 Å². The van der Waals surface area contributed by atoms with E-state index in [0.717, 1.165) is 22.9 Å². The van der Waals surface area contributed by atoms with Crippen LogP contribution in [0.4, 0.5) is 0 Å². The van der Waals surface area contributed by atoms with Crippen LogP contribution in [0, 0.1) is 0 Å². The summed E-state index contributed by atoms with van der Waals surface area (Å²) in [5, 5.41) is 28.1. The molecule has 11 heteroatoms. The quantitative estimate of drug-likeness (QED) is 0.273. The Labute approximate surface area is 181 Å². The maximum atomic E-state index is 12.3. The van der Waals surface area contributed by atoms with Gasteiger partial charge in [0.05, 0.1) is 12.7 Å². The number of carbonyl (C=O) groups is 2. The van der Waals surface area contributed by atoms with Crippen LogP contribution in [0.5, 0.6) is 0 Å². The molecule has 1 atom stereocenters. The van der Waals surface area contributed by atoms with E-state index in [1.54, 1.807) is 18.2 Å². The molecule has 0 fully saturated rings. The summed E-state index contributed by atoms with van der Waals surface area (Å²) in [6, 6.07) is 12.5. The van der Waals surface area contributed by atoms with Gasteiger partial charge in [-0.15, -0.1) is 5.10 Å². The number of hydrogen-bond acceptors (Lipinski definition) is 7. The van der Waals surface area contributed by atoms with Crippen molar-refractivity contribution in [1.82, 2.24) is 25.6 Å². The molecule has 2 aromatic carbocycles. The van der Waals surface area contributed by atoms with Crippen molar-refractivity contribution >= 4 is 35.4 Å². The summed E-state index contributed by atoms with van der Waals surface area (Å²) < 4.78 is 0. The summed E-state index contributed by atoms with van der Waals surface area (Å²) in [4.78, 5) is 23.5. The second-order valence-corrected chi connectivity index (χ2v) is 7.21. The number of hydrazine groups is 1. The summed E-state index contributed by atoms with van der Waals surface area (Å²) in [7, 11) is 0. The molecule has 1 aromatic heterocycles. The molecule has 0 saturated heterocycles. The number of aliphatic hydroxyl groups is 1. The van der Waals surface area contributed by atoms with Crippen LogP contribution < -0.4 is 5.43 Å². The van der Waals surface area contributed by atoms with E-state index in [1.807, 2.05) is 24.3 Å². The third-order valence-corrected chi connectivity index (χ3v) is 4.67. The van der Waals surface area contributed by atoms with E-state index in [-0.39, 0.29) is 18.8 Å². The average molecular weight is 450 g/mol. The molecule has 3 aromatic rings. The SMILES string of the molecule is O=C[C@H](O)CN(Cc1ccc(-c2cc(Cl)ccc2Cl)cc1)NC(=O)c1cn(O)nn1. The second kappa shape index (κ2) is 9.68. The van der Waals surface area contributed by atoms with Crippen LogP contribution in [-0.4, -0.2) is 55.3 Å². The Morgan fingerprint density at radius 3 is 2.60 bits per heavy atom. The molecule has 0 aliphatic heterocycles. The first-order valence-corrected chi connectivity index (χ1v) is 9.46. The van der Waals surface area contributed by atoms with Crippen molar-refractivity contribution in [2.45, 2.75) is 12.6 Å². The smallest absolute Gasteiger partial charge is 0.287 e. The van der Waals surface area contributed by atoms with Gasteiger partial charge in [-0.1, -0.05) is 52.3 Å². The van der Waals surface area contributed by atoms with Crippen LogP contribution in [-0.2, 0) is 11.3 Å². The normalized spacial score (nSPS) is 12.0. The number of benzene rings is 2. The lowest BCUT2D eigenvalue weighted by molar-refractivity contribution is -0.116. The average Bonchev–Trinajstić information content (AvgIpc) is 3.17. The lowest BCUT2D eigenvalue weighted by atomic mass is 10.0. The molecule has 0 radical (unpaired) electrons. The van der Waals surface area contributed by atoms with Crippen LogP contribution in [0.3, 0.4) is 0 Å². The molecule has 0 unspecified atom stereocenters. The summed E-state index contributed by atoms with van der Waals surface area (Å²) in [6.07, 6.45) is 0.0870. The van der Waals surface area contributed by atoms with Gasteiger partial charge in [-0.25, -0.2) is 5.01 Å². The largest absolute Gasteiger partial charge is 0.410 e. The Balaban J connectivity index is 1.75. The first-order chi connectivity index (χ1) is 14.4. The fourth-order valence-corrected chi connectivity index (χ4v) is 3.11. The maximum absolute atomic E-state index is 12.3. The van der Waals surface area contributed by atoms with Crippen LogP contribution in [0.15, 0.2) is 48.7 Å². The lowest BCUT2D eigenvalue weighted by Gasteiger charge is -2.23. The Morgan fingerprint density at radius 1 is 1.23 bits per heavy atom. The van der Waals surface area contributed by atoms with Gasteiger partial charge in [-0.2, -0.15) is 0 Å². The molecule has 0 saturated carbocycles. The van der Waals surface area contributed by atoms with Crippen molar-refractivity contribution < 1.29 is 19.9 Å². The van der Waals surface area contributed by atoms with E-state index in [2.05, 4.69) is 15.7 Å². The third kappa shape index (κ3) is 5.55. The number of aliphatic hydroxyl groups excluding tert-OH is 1. The van der Waals surface area contributed by atoms with E-state index in [1.165, 1.54) is 5.01 Å². The van der Waals surface area contributed by atoms with Crippen molar-refractivity contribution in [3.8, 4) is 11.1 Å². The van der Waals surface area contributed by atoms with Gasteiger partial charge in [0.1, 0.15) is 12.4 Å². The predicted molar refractivity (Wildman–Crippen MR) is 109 cm³/mol. The number of nitrogens with one attached hydrogen (secondary N) is 1. The molecule has 1 amide bonds. The molecule has 0 bridgehead atoms. The predicted octanol–water partition coefficient (Wildman–Crippen LogP) is 2.20. The molecule has 30 heavy (non-hydrogen) atoms. The molecule has 3 rings (SSSR count). The van der Waals surface area contributed by atoms with Crippen molar-refractivity contribution in [1.29, 1.82) is 0 Å². The number of halogens is 2. The number of nitrogens with zero attached hydrogens (tertiary/aromatic N) is 4. The molecule has 156 valence electrons. The van der Waals surface area contributed by atoms with Crippen LogP contribution in [0.2, 0.25) is 10.0 Å². The summed E-state index contributed by atoms with van der Waals surface area (Å²) in [6.45, 7) is 0.0395.